The third kappa shape index (κ3) is 5.88. The zero-order chi connectivity index (χ0) is 18.9. The van der Waals surface area contributed by atoms with Gasteiger partial charge in [0, 0.05) is 23.5 Å². The van der Waals surface area contributed by atoms with E-state index in [-0.39, 0.29) is 5.56 Å². The first-order chi connectivity index (χ1) is 12.5. The molecule has 0 saturated heterocycles. The number of aromatic nitrogens is 2. The fourth-order valence-corrected chi connectivity index (χ4v) is 3.37. The first kappa shape index (κ1) is 20.0. The molecule has 138 valence electrons. The number of benzene rings is 1. The highest BCUT2D eigenvalue weighted by Crippen LogP contribution is 2.28. The first-order valence-corrected chi connectivity index (χ1v) is 9.57. The number of carbonyl (C=O) groups excluding carboxylic acids is 1. The standard InChI is InChI=1S/C20H24N2O3S/c1-4-5-7-12-18(25-19(24)15(2)3)26-20-21-17(23)13-14-22(20)16-10-8-6-9-11-16/h6,8-11,13-14,18H,2,4-5,7,12H2,1,3H3. The van der Waals surface area contributed by atoms with Crippen LogP contribution in [0.5, 0.6) is 0 Å². The Labute approximate surface area is 158 Å². The summed E-state index contributed by atoms with van der Waals surface area (Å²) in [6.45, 7) is 7.38. The summed E-state index contributed by atoms with van der Waals surface area (Å²) in [5.41, 5.74) is 0.502. The molecule has 0 amide bonds. The molecule has 0 fully saturated rings. The zero-order valence-electron chi connectivity index (χ0n) is 15.2. The van der Waals surface area contributed by atoms with E-state index in [2.05, 4.69) is 18.5 Å². The molecule has 0 radical (unpaired) electrons. The predicted octanol–water partition coefficient (Wildman–Crippen LogP) is 4.35. The summed E-state index contributed by atoms with van der Waals surface area (Å²) in [6.07, 6.45) is 5.44. The van der Waals surface area contributed by atoms with Gasteiger partial charge in [0.05, 0.1) is 0 Å². The van der Waals surface area contributed by atoms with Gasteiger partial charge in [0.25, 0.3) is 5.56 Å². The largest absolute Gasteiger partial charge is 0.447 e. The number of ether oxygens (including phenoxy) is 1. The van der Waals surface area contributed by atoms with E-state index in [1.165, 1.54) is 17.8 Å². The minimum Gasteiger partial charge on any atom is -0.447 e. The fourth-order valence-electron chi connectivity index (χ4n) is 2.30. The molecule has 1 unspecified atom stereocenters. The Balaban J connectivity index is 2.28. The number of esters is 1. The quantitative estimate of drug-likeness (QED) is 0.164. The molecule has 0 spiro atoms. The second-order valence-corrected chi connectivity index (χ2v) is 7.11. The van der Waals surface area contributed by atoms with E-state index in [0.29, 0.717) is 17.2 Å². The van der Waals surface area contributed by atoms with Crippen molar-refractivity contribution in [2.45, 2.75) is 50.1 Å². The number of unbranched alkanes of at least 4 members (excludes halogenated alkanes) is 2. The van der Waals surface area contributed by atoms with E-state index in [1.54, 1.807) is 13.1 Å². The van der Waals surface area contributed by atoms with E-state index < -0.39 is 11.4 Å². The van der Waals surface area contributed by atoms with Crippen LogP contribution in [0.1, 0.15) is 39.5 Å². The van der Waals surface area contributed by atoms with E-state index in [9.17, 15) is 9.59 Å². The minimum atomic E-state index is -0.427. The van der Waals surface area contributed by atoms with Crippen LogP contribution in [-0.4, -0.2) is 21.0 Å². The molecule has 0 aliphatic carbocycles. The lowest BCUT2D eigenvalue weighted by atomic mass is 10.2. The van der Waals surface area contributed by atoms with Crippen LogP contribution < -0.4 is 5.56 Å². The molecule has 0 N–H and O–H groups in total. The number of para-hydroxylation sites is 1. The maximum absolute atomic E-state index is 12.0. The summed E-state index contributed by atoms with van der Waals surface area (Å²) in [6, 6.07) is 11.0. The molecule has 0 aliphatic heterocycles. The van der Waals surface area contributed by atoms with Crippen molar-refractivity contribution in [3.8, 4) is 5.69 Å². The first-order valence-electron chi connectivity index (χ1n) is 8.69. The van der Waals surface area contributed by atoms with E-state index >= 15 is 0 Å². The Hall–Kier alpha value is -2.34. The minimum absolute atomic E-state index is 0.321. The van der Waals surface area contributed by atoms with E-state index in [1.807, 2.05) is 34.9 Å². The molecule has 1 heterocycles. The van der Waals surface area contributed by atoms with Gasteiger partial charge in [-0.15, -0.1) is 0 Å². The maximum atomic E-state index is 12.0. The smallest absolute Gasteiger partial charge is 0.334 e. The molecular weight excluding hydrogens is 348 g/mol. The number of thioether (sulfide) groups is 1. The Morgan fingerprint density at radius 2 is 2.00 bits per heavy atom. The highest BCUT2D eigenvalue weighted by Gasteiger charge is 2.19. The van der Waals surface area contributed by atoms with Crippen LogP contribution in [0.15, 0.2) is 64.7 Å². The van der Waals surface area contributed by atoms with Crippen LogP contribution in [-0.2, 0) is 9.53 Å². The molecule has 1 aromatic carbocycles. The average Bonchev–Trinajstić information content (AvgIpc) is 2.62. The summed E-state index contributed by atoms with van der Waals surface area (Å²) in [5.74, 6) is -0.427. The maximum Gasteiger partial charge on any atom is 0.334 e. The van der Waals surface area contributed by atoms with E-state index in [4.69, 9.17) is 4.74 Å². The van der Waals surface area contributed by atoms with Crippen LogP contribution in [0.2, 0.25) is 0 Å². The van der Waals surface area contributed by atoms with Crippen LogP contribution in [0.25, 0.3) is 5.69 Å². The van der Waals surface area contributed by atoms with Crippen molar-refractivity contribution >= 4 is 17.7 Å². The Bertz CT molecular complexity index is 802. The molecule has 1 aromatic heterocycles. The van der Waals surface area contributed by atoms with Gasteiger partial charge in [-0.1, -0.05) is 44.5 Å². The molecule has 0 aliphatic rings. The van der Waals surface area contributed by atoms with Crippen LogP contribution in [0.4, 0.5) is 0 Å². The Kier molecular flexibility index (Phi) is 7.66. The molecular formula is C20H24N2O3S. The summed E-state index contributed by atoms with van der Waals surface area (Å²) in [5, 5.41) is 0.500. The van der Waals surface area contributed by atoms with Gasteiger partial charge >= 0.3 is 5.97 Å². The lowest BCUT2D eigenvalue weighted by Gasteiger charge is -2.19. The Morgan fingerprint density at radius 3 is 2.65 bits per heavy atom. The monoisotopic (exact) mass is 372 g/mol. The van der Waals surface area contributed by atoms with Crippen molar-refractivity contribution in [2.24, 2.45) is 0 Å². The third-order valence-corrected chi connectivity index (χ3v) is 4.77. The van der Waals surface area contributed by atoms with Crippen molar-refractivity contribution in [3.63, 3.8) is 0 Å². The number of hydrogen-bond acceptors (Lipinski definition) is 5. The summed E-state index contributed by atoms with van der Waals surface area (Å²) in [4.78, 5) is 27.9. The van der Waals surface area contributed by atoms with Crippen LogP contribution in [0, 0.1) is 0 Å². The normalized spacial score (nSPS) is 11.8. The summed E-state index contributed by atoms with van der Waals surface area (Å²) < 4.78 is 7.39. The summed E-state index contributed by atoms with van der Waals surface area (Å²) >= 11 is 1.29. The second-order valence-electron chi connectivity index (χ2n) is 5.98. The topological polar surface area (TPSA) is 61.2 Å². The second kappa shape index (κ2) is 9.97. The van der Waals surface area contributed by atoms with Gasteiger partial charge in [-0.2, -0.15) is 4.98 Å². The van der Waals surface area contributed by atoms with Gasteiger partial charge in [0.2, 0.25) is 0 Å². The molecule has 2 rings (SSSR count). The SMILES string of the molecule is C=C(C)C(=O)OC(CCCCC)Sc1nc(=O)ccn1-c1ccccc1. The molecule has 2 aromatic rings. The lowest BCUT2D eigenvalue weighted by Crippen LogP contribution is -2.19. The van der Waals surface area contributed by atoms with Crippen molar-refractivity contribution in [1.29, 1.82) is 0 Å². The van der Waals surface area contributed by atoms with Gasteiger partial charge in [0.1, 0.15) is 0 Å². The number of nitrogens with zero attached hydrogens (tertiary/aromatic N) is 2. The molecule has 5 nitrogen and oxygen atoms in total. The number of hydrogen-bond donors (Lipinski definition) is 0. The molecule has 26 heavy (non-hydrogen) atoms. The third-order valence-electron chi connectivity index (χ3n) is 3.68. The van der Waals surface area contributed by atoms with Crippen molar-refractivity contribution in [1.82, 2.24) is 9.55 Å². The van der Waals surface area contributed by atoms with Crippen molar-refractivity contribution in [2.75, 3.05) is 0 Å². The number of carbonyl (C=O) groups is 1. The molecule has 0 bridgehead atoms. The van der Waals surface area contributed by atoms with Gasteiger partial charge in [-0.05, 0) is 43.7 Å². The van der Waals surface area contributed by atoms with Crippen LogP contribution in [0.3, 0.4) is 0 Å². The van der Waals surface area contributed by atoms with Crippen molar-refractivity contribution in [3.05, 3.63) is 65.1 Å². The average molecular weight is 372 g/mol. The lowest BCUT2D eigenvalue weighted by molar-refractivity contribution is -0.140. The highest BCUT2D eigenvalue weighted by molar-refractivity contribution is 7.99. The predicted molar refractivity (Wildman–Crippen MR) is 105 cm³/mol. The van der Waals surface area contributed by atoms with Gasteiger partial charge < -0.3 is 4.74 Å². The summed E-state index contributed by atoms with van der Waals surface area (Å²) in [7, 11) is 0. The number of rotatable bonds is 9. The van der Waals surface area contributed by atoms with Gasteiger partial charge in [-0.3, -0.25) is 9.36 Å². The highest BCUT2D eigenvalue weighted by atomic mass is 32.2. The van der Waals surface area contributed by atoms with E-state index in [0.717, 1.165) is 24.9 Å². The van der Waals surface area contributed by atoms with Gasteiger partial charge in [0.15, 0.2) is 10.6 Å². The molecule has 1 atom stereocenters. The van der Waals surface area contributed by atoms with Crippen LogP contribution >= 0.6 is 11.8 Å². The van der Waals surface area contributed by atoms with Crippen molar-refractivity contribution < 1.29 is 9.53 Å². The van der Waals surface area contributed by atoms with Gasteiger partial charge in [-0.25, -0.2) is 4.79 Å². The fraction of sp³-hybridized carbons (Fsp3) is 0.350. The zero-order valence-corrected chi connectivity index (χ0v) is 16.0. The molecule has 6 heteroatoms. The molecule has 0 saturated carbocycles. The Morgan fingerprint density at radius 1 is 1.27 bits per heavy atom.